The van der Waals surface area contributed by atoms with Crippen molar-refractivity contribution in [1.29, 1.82) is 0 Å². The smallest absolute Gasteiger partial charge is 0.0357 e. The van der Waals surface area contributed by atoms with Crippen molar-refractivity contribution in [1.82, 2.24) is 10.3 Å². The summed E-state index contributed by atoms with van der Waals surface area (Å²) in [6.07, 6.45) is 3.01. The van der Waals surface area contributed by atoms with Gasteiger partial charge >= 0.3 is 0 Å². The number of aromatic nitrogens is 1. The largest absolute Gasteiger partial charge is 0.364 e. The summed E-state index contributed by atoms with van der Waals surface area (Å²) in [6, 6.07) is 4.10. The monoisotopic (exact) mass is 195 g/mol. The molecule has 0 unspecified atom stereocenters. The zero-order valence-corrected chi connectivity index (χ0v) is 9.14. The van der Waals surface area contributed by atoms with Crippen LogP contribution in [0.25, 0.3) is 0 Å². The Labute approximate surface area is 86.1 Å². The highest BCUT2D eigenvalue weighted by molar-refractivity contribution is 5.02. The topological polar surface area (TPSA) is 53.8 Å². The molecule has 0 amide bonds. The highest BCUT2D eigenvalue weighted by Crippen LogP contribution is 2.17. The molecular weight excluding hydrogens is 174 g/mol. The van der Waals surface area contributed by atoms with Crippen molar-refractivity contribution in [2.45, 2.75) is 26.8 Å². The lowest BCUT2D eigenvalue weighted by molar-refractivity contribution is 0.318. The molecule has 0 bridgehead atoms. The molecule has 0 atom stereocenters. The maximum atomic E-state index is 5.55. The second kappa shape index (κ2) is 5.17. The Morgan fingerprint density at radius 2 is 2.29 bits per heavy atom. The van der Waals surface area contributed by atoms with Crippen molar-refractivity contribution in [2.24, 2.45) is 11.1 Å². The quantitative estimate of drug-likeness (QED) is 0.644. The van der Waals surface area contributed by atoms with E-state index in [0.29, 0.717) is 5.41 Å². The van der Waals surface area contributed by atoms with Gasteiger partial charge in [-0.3, -0.25) is 0 Å². The molecule has 4 N–H and O–H groups in total. The van der Waals surface area contributed by atoms with E-state index in [1.165, 1.54) is 5.69 Å². The minimum absolute atomic E-state index is 0.293. The molecule has 0 aliphatic heterocycles. The van der Waals surface area contributed by atoms with Crippen LogP contribution >= 0.6 is 0 Å². The van der Waals surface area contributed by atoms with Gasteiger partial charge in [0.2, 0.25) is 0 Å². The molecule has 1 heterocycles. The van der Waals surface area contributed by atoms with E-state index >= 15 is 0 Å². The summed E-state index contributed by atoms with van der Waals surface area (Å²) >= 11 is 0. The van der Waals surface area contributed by atoms with E-state index in [0.717, 1.165) is 26.1 Å². The molecule has 0 aliphatic carbocycles. The number of nitrogens with one attached hydrogen (secondary N) is 2. The molecular formula is C11H21N3. The van der Waals surface area contributed by atoms with Crippen LogP contribution in [-0.2, 0) is 6.54 Å². The lowest BCUT2D eigenvalue weighted by Crippen LogP contribution is -2.31. The number of hydrogen-bond acceptors (Lipinski definition) is 2. The van der Waals surface area contributed by atoms with Gasteiger partial charge in [0.25, 0.3) is 0 Å². The van der Waals surface area contributed by atoms with E-state index in [4.69, 9.17) is 5.73 Å². The highest BCUT2D eigenvalue weighted by atomic mass is 14.9. The van der Waals surface area contributed by atoms with Crippen molar-refractivity contribution >= 4 is 0 Å². The normalized spacial score (nSPS) is 11.9. The zero-order valence-electron chi connectivity index (χ0n) is 9.14. The van der Waals surface area contributed by atoms with Gasteiger partial charge in [-0.1, -0.05) is 13.8 Å². The molecule has 0 fully saturated rings. The average molecular weight is 195 g/mol. The molecule has 1 aromatic rings. The first-order valence-electron chi connectivity index (χ1n) is 5.17. The second-order valence-electron chi connectivity index (χ2n) is 4.50. The Hall–Kier alpha value is -0.800. The zero-order chi connectivity index (χ0) is 10.4. The Morgan fingerprint density at radius 1 is 1.50 bits per heavy atom. The Bertz CT molecular complexity index is 239. The minimum Gasteiger partial charge on any atom is -0.364 e. The fourth-order valence-electron chi connectivity index (χ4n) is 1.49. The second-order valence-corrected chi connectivity index (χ2v) is 4.50. The number of hydrogen-bond donors (Lipinski definition) is 3. The van der Waals surface area contributed by atoms with Crippen LogP contribution in [0, 0.1) is 5.41 Å². The van der Waals surface area contributed by atoms with Gasteiger partial charge in [-0.15, -0.1) is 0 Å². The molecule has 0 aliphatic rings. The Balaban J connectivity index is 2.20. The lowest BCUT2D eigenvalue weighted by Gasteiger charge is -2.24. The summed E-state index contributed by atoms with van der Waals surface area (Å²) in [5.41, 5.74) is 7.07. The SMILES string of the molecule is CC(C)(CCN)CNCc1ccc[nH]1. The van der Waals surface area contributed by atoms with Gasteiger partial charge in [-0.25, -0.2) is 0 Å². The van der Waals surface area contributed by atoms with Crippen LogP contribution in [0.1, 0.15) is 26.0 Å². The van der Waals surface area contributed by atoms with Crippen LogP contribution in [0.15, 0.2) is 18.3 Å². The van der Waals surface area contributed by atoms with Gasteiger partial charge in [0.1, 0.15) is 0 Å². The minimum atomic E-state index is 0.293. The van der Waals surface area contributed by atoms with Crippen LogP contribution in [0.5, 0.6) is 0 Å². The van der Waals surface area contributed by atoms with Crippen molar-refractivity contribution < 1.29 is 0 Å². The van der Waals surface area contributed by atoms with E-state index < -0.39 is 0 Å². The molecule has 80 valence electrons. The number of rotatable bonds is 6. The standard InChI is InChI=1S/C11H21N3/c1-11(2,5-6-12)9-13-8-10-4-3-7-14-10/h3-4,7,13-14H,5-6,8-9,12H2,1-2H3. The first kappa shape index (κ1) is 11.3. The summed E-state index contributed by atoms with van der Waals surface area (Å²) < 4.78 is 0. The third-order valence-electron chi connectivity index (χ3n) is 2.40. The van der Waals surface area contributed by atoms with Gasteiger partial charge in [0.05, 0.1) is 0 Å². The van der Waals surface area contributed by atoms with E-state index in [1.54, 1.807) is 0 Å². The van der Waals surface area contributed by atoms with Crippen molar-refractivity contribution in [2.75, 3.05) is 13.1 Å². The molecule has 0 radical (unpaired) electrons. The van der Waals surface area contributed by atoms with Gasteiger partial charge in [0.15, 0.2) is 0 Å². The predicted octanol–water partition coefficient (Wildman–Crippen LogP) is 1.48. The van der Waals surface area contributed by atoms with Gasteiger partial charge < -0.3 is 16.0 Å². The van der Waals surface area contributed by atoms with Gasteiger partial charge in [0, 0.05) is 25.0 Å². The highest BCUT2D eigenvalue weighted by Gasteiger charge is 2.15. The predicted molar refractivity (Wildman–Crippen MR) is 60.0 cm³/mol. The molecule has 3 nitrogen and oxygen atoms in total. The van der Waals surface area contributed by atoms with Crippen molar-refractivity contribution in [3.05, 3.63) is 24.0 Å². The van der Waals surface area contributed by atoms with Crippen LogP contribution < -0.4 is 11.1 Å². The van der Waals surface area contributed by atoms with Gasteiger partial charge in [-0.05, 0) is 30.5 Å². The molecule has 3 heteroatoms. The average Bonchev–Trinajstić information content (AvgIpc) is 2.56. The number of H-pyrrole nitrogens is 1. The van der Waals surface area contributed by atoms with E-state index in [1.807, 2.05) is 12.3 Å². The molecule has 1 rings (SSSR count). The van der Waals surface area contributed by atoms with Crippen LogP contribution in [0.3, 0.4) is 0 Å². The molecule has 14 heavy (non-hydrogen) atoms. The fourth-order valence-corrected chi connectivity index (χ4v) is 1.49. The lowest BCUT2D eigenvalue weighted by atomic mass is 9.89. The third-order valence-corrected chi connectivity index (χ3v) is 2.40. The Morgan fingerprint density at radius 3 is 2.86 bits per heavy atom. The summed E-state index contributed by atoms with van der Waals surface area (Å²) in [7, 11) is 0. The van der Waals surface area contributed by atoms with Crippen LogP contribution in [0.2, 0.25) is 0 Å². The summed E-state index contributed by atoms with van der Waals surface area (Å²) in [5.74, 6) is 0. The first-order chi connectivity index (χ1) is 6.64. The maximum absolute atomic E-state index is 5.55. The summed E-state index contributed by atoms with van der Waals surface area (Å²) in [5, 5.41) is 3.43. The van der Waals surface area contributed by atoms with Gasteiger partial charge in [-0.2, -0.15) is 0 Å². The molecule has 1 aromatic heterocycles. The number of aromatic amines is 1. The molecule has 0 spiro atoms. The van der Waals surface area contributed by atoms with Crippen LogP contribution in [0.4, 0.5) is 0 Å². The van der Waals surface area contributed by atoms with E-state index in [2.05, 4.69) is 30.2 Å². The number of nitrogens with two attached hydrogens (primary N) is 1. The molecule has 0 saturated carbocycles. The summed E-state index contributed by atoms with van der Waals surface area (Å²) in [6.45, 7) is 7.14. The molecule has 0 aromatic carbocycles. The molecule has 0 saturated heterocycles. The first-order valence-corrected chi connectivity index (χ1v) is 5.17. The van der Waals surface area contributed by atoms with E-state index in [-0.39, 0.29) is 0 Å². The van der Waals surface area contributed by atoms with E-state index in [9.17, 15) is 0 Å². The van der Waals surface area contributed by atoms with Crippen molar-refractivity contribution in [3.8, 4) is 0 Å². The summed E-state index contributed by atoms with van der Waals surface area (Å²) in [4.78, 5) is 3.17. The van der Waals surface area contributed by atoms with Crippen molar-refractivity contribution in [3.63, 3.8) is 0 Å². The maximum Gasteiger partial charge on any atom is 0.0357 e. The fraction of sp³-hybridized carbons (Fsp3) is 0.636. The Kier molecular flexibility index (Phi) is 4.17. The van der Waals surface area contributed by atoms with Crippen LogP contribution in [-0.4, -0.2) is 18.1 Å². The third kappa shape index (κ3) is 3.94.